The van der Waals surface area contributed by atoms with Crippen molar-refractivity contribution < 1.29 is 39.8 Å². The number of aliphatic hydroxyl groups is 5. The lowest BCUT2D eigenvalue weighted by atomic mass is 9.99. The van der Waals surface area contributed by atoms with Gasteiger partial charge in [0.2, 0.25) is 5.91 Å². The molecule has 1 amide bonds. The molecule has 6 N–H and O–H groups in total. The minimum absolute atomic E-state index is 0.140. The highest BCUT2D eigenvalue weighted by atomic mass is 16.7. The molecule has 0 saturated carbocycles. The third-order valence-corrected chi connectivity index (χ3v) is 11.0. The van der Waals surface area contributed by atoms with Crippen molar-refractivity contribution in [2.75, 3.05) is 13.2 Å². The maximum absolute atomic E-state index is 12.9. The third-order valence-electron chi connectivity index (χ3n) is 11.0. The third kappa shape index (κ3) is 27.9. The molecule has 0 aromatic carbocycles. The highest BCUT2D eigenvalue weighted by Gasteiger charge is 2.44. The van der Waals surface area contributed by atoms with Crippen LogP contribution in [0.2, 0.25) is 0 Å². The van der Waals surface area contributed by atoms with Gasteiger partial charge in [0.25, 0.3) is 0 Å². The number of amides is 1. The molecular weight excluding hydrogens is 707 g/mol. The second kappa shape index (κ2) is 37.7. The van der Waals surface area contributed by atoms with Crippen LogP contribution in [0.15, 0.2) is 36.5 Å². The molecule has 0 aromatic heterocycles. The van der Waals surface area contributed by atoms with Crippen LogP contribution in [0.5, 0.6) is 0 Å². The predicted molar refractivity (Wildman–Crippen MR) is 230 cm³/mol. The first-order chi connectivity index (χ1) is 27.3. The quantitative estimate of drug-likeness (QED) is 0.0268. The Bertz CT molecular complexity index is 972. The van der Waals surface area contributed by atoms with Gasteiger partial charge in [-0.15, -0.1) is 0 Å². The Morgan fingerprint density at radius 1 is 0.607 bits per heavy atom. The van der Waals surface area contributed by atoms with Gasteiger partial charge in [-0.1, -0.05) is 179 Å². The molecule has 1 heterocycles. The summed E-state index contributed by atoms with van der Waals surface area (Å²) in [6.07, 6.45) is 39.1. The highest BCUT2D eigenvalue weighted by molar-refractivity contribution is 5.76. The Morgan fingerprint density at radius 2 is 1.05 bits per heavy atom. The summed E-state index contributed by atoms with van der Waals surface area (Å²) in [5, 5.41) is 53.9. The van der Waals surface area contributed by atoms with Gasteiger partial charge in [0.1, 0.15) is 24.4 Å². The van der Waals surface area contributed by atoms with Gasteiger partial charge < -0.3 is 40.3 Å². The van der Waals surface area contributed by atoms with E-state index in [-0.39, 0.29) is 12.5 Å². The number of allylic oxidation sites excluding steroid dienone is 6. The van der Waals surface area contributed by atoms with Crippen LogP contribution in [0, 0.1) is 0 Å². The van der Waals surface area contributed by atoms with E-state index < -0.39 is 49.5 Å². The maximum atomic E-state index is 12.9. The van der Waals surface area contributed by atoms with Gasteiger partial charge in [0, 0.05) is 6.42 Å². The number of nitrogens with one attached hydrogen (secondary N) is 1. The van der Waals surface area contributed by atoms with Crippen molar-refractivity contribution in [3.63, 3.8) is 0 Å². The number of hydrogen-bond acceptors (Lipinski definition) is 8. The number of rotatable bonds is 38. The summed E-state index contributed by atoms with van der Waals surface area (Å²) in [7, 11) is 0. The lowest BCUT2D eigenvalue weighted by Crippen LogP contribution is -2.60. The summed E-state index contributed by atoms with van der Waals surface area (Å²) < 4.78 is 11.2. The Morgan fingerprint density at radius 3 is 1.55 bits per heavy atom. The number of ether oxygens (including phenoxy) is 2. The Hall–Kier alpha value is -1.59. The molecule has 7 unspecified atom stereocenters. The standard InChI is InChI=1S/C47H87NO8/c1-3-5-7-9-11-12-13-14-15-16-17-18-19-20-21-22-23-24-25-26-27-28-29-30-31-33-35-37-43(51)48-40(41(50)36-34-32-10-8-6-4-2)39-55-47-46(54)45(53)44(52)42(38-49)56-47/h13-14,16-17,19-20,40-42,44-47,49-50,52-54H,3-12,15,18,21-39H2,1-2H3,(H,48,51)/b14-13-,17-16-,20-19-. The van der Waals surface area contributed by atoms with Crippen molar-refractivity contribution in [2.24, 2.45) is 0 Å². The number of hydrogen-bond donors (Lipinski definition) is 6. The van der Waals surface area contributed by atoms with Crippen LogP contribution >= 0.6 is 0 Å². The van der Waals surface area contributed by atoms with Gasteiger partial charge in [0.05, 0.1) is 25.4 Å². The first-order valence-electron chi connectivity index (χ1n) is 23.2. The average molecular weight is 794 g/mol. The van der Waals surface area contributed by atoms with E-state index >= 15 is 0 Å². The molecule has 7 atom stereocenters. The minimum atomic E-state index is -1.55. The van der Waals surface area contributed by atoms with Crippen LogP contribution in [0.1, 0.15) is 200 Å². The fourth-order valence-electron chi connectivity index (χ4n) is 7.23. The Labute approximate surface area is 342 Å². The van der Waals surface area contributed by atoms with Crippen molar-refractivity contribution in [3.8, 4) is 0 Å². The van der Waals surface area contributed by atoms with Crippen molar-refractivity contribution in [1.82, 2.24) is 5.32 Å². The van der Waals surface area contributed by atoms with Gasteiger partial charge in [-0.25, -0.2) is 0 Å². The van der Waals surface area contributed by atoms with E-state index in [1.807, 2.05) is 0 Å². The number of carbonyl (C=O) groups excluding carboxylic acids is 1. The van der Waals surface area contributed by atoms with Crippen LogP contribution < -0.4 is 5.32 Å². The second-order valence-electron chi connectivity index (χ2n) is 16.2. The first kappa shape index (κ1) is 52.4. The van der Waals surface area contributed by atoms with Crippen molar-refractivity contribution in [2.45, 2.75) is 243 Å². The van der Waals surface area contributed by atoms with Crippen LogP contribution in [-0.2, 0) is 14.3 Å². The molecule has 1 saturated heterocycles. The zero-order valence-electron chi connectivity index (χ0n) is 35.9. The summed E-state index contributed by atoms with van der Waals surface area (Å²) in [6.45, 7) is 3.74. The van der Waals surface area contributed by atoms with Gasteiger partial charge >= 0.3 is 0 Å². The van der Waals surface area contributed by atoms with Crippen LogP contribution in [0.3, 0.4) is 0 Å². The molecule has 1 aliphatic rings. The summed E-state index contributed by atoms with van der Waals surface area (Å²) in [6, 6.07) is -0.716. The Balaban J connectivity index is 2.13. The van der Waals surface area contributed by atoms with E-state index in [1.54, 1.807) is 0 Å². The van der Waals surface area contributed by atoms with Gasteiger partial charge in [0.15, 0.2) is 6.29 Å². The fraction of sp³-hybridized carbons (Fsp3) is 0.851. The van der Waals surface area contributed by atoms with E-state index in [9.17, 15) is 30.3 Å². The summed E-state index contributed by atoms with van der Waals surface area (Å²) in [5.74, 6) is -0.153. The van der Waals surface area contributed by atoms with Gasteiger partial charge in [-0.05, 0) is 51.4 Å². The van der Waals surface area contributed by atoms with Crippen molar-refractivity contribution >= 4 is 5.91 Å². The molecule has 9 nitrogen and oxygen atoms in total. The average Bonchev–Trinajstić information content (AvgIpc) is 3.20. The maximum Gasteiger partial charge on any atom is 0.220 e. The Kier molecular flexibility index (Phi) is 35.3. The largest absolute Gasteiger partial charge is 0.394 e. The van der Waals surface area contributed by atoms with Gasteiger partial charge in [-0.2, -0.15) is 0 Å². The molecule has 1 rings (SSSR count). The smallest absolute Gasteiger partial charge is 0.220 e. The molecule has 0 aliphatic carbocycles. The van der Waals surface area contributed by atoms with Crippen LogP contribution in [0.4, 0.5) is 0 Å². The SMILES string of the molecule is CCCCCCC/C=C\C/C=C\C/C=C\CCCCCCCCCCCCCCC(=O)NC(COC1OC(CO)C(O)C(O)C1O)C(O)CCCCCCCC. The normalized spacial score (nSPS) is 21.4. The van der Waals surface area contributed by atoms with E-state index in [0.29, 0.717) is 12.8 Å². The lowest BCUT2D eigenvalue weighted by molar-refractivity contribution is -0.302. The number of carbonyl (C=O) groups is 1. The first-order valence-corrected chi connectivity index (χ1v) is 23.2. The molecule has 0 spiro atoms. The number of aliphatic hydroxyl groups excluding tert-OH is 5. The summed E-state index contributed by atoms with van der Waals surface area (Å²) in [5.41, 5.74) is 0. The summed E-state index contributed by atoms with van der Waals surface area (Å²) >= 11 is 0. The molecule has 1 aliphatic heterocycles. The molecular formula is C47H87NO8. The van der Waals surface area contributed by atoms with E-state index in [4.69, 9.17) is 9.47 Å². The zero-order chi connectivity index (χ0) is 40.9. The molecule has 0 bridgehead atoms. The van der Waals surface area contributed by atoms with E-state index in [1.165, 1.54) is 122 Å². The van der Waals surface area contributed by atoms with E-state index in [2.05, 4.69) is 55.6 Å². The highest BCUT2D eigenvalue weighted by Crippen LogP contribution is 2.23. The van der Waals surface area contributed by atoms with Gasteiger partial charge in [-0.3, -0.25) is 4.79 Å². The van der Waals surface area contributed by atoms with E-state index in [0.717, 1.165) is 51.4 Å². The molecule has 56 heavy (non-hydrogen) atoms. The zero-order valence-corrected chi connectivity index (χ0v) is 35.9. The molecule has 0 aromatic rings. The van der Waals surface area contributed by atoms with Crippen LogP contribution in [-0.4, -0.2) is 87.5 Å². The topological polar surface area (TPSA) is 149 Å². The fourth-order valence-corrected chi connectivity index (χ4v) is 7.23. The lowest BCUT2D eigenvalue weighted by Gasteiger charge is -2.40. The monoisotopic (exact) mass is 794 g/mol. The second-order valence-corrected chi connectivity index (χ2v) is 16.2. The molecule has 9 heteroatoms. The summed E-state index contributed by atoms with van der Waals surface area (Å²) in [4.78, 5) is 12.9. The van der Waals surface area contributed by atoms with Crippen LogP contribution in [0.25, 0.3) is 0 Å². The predicted octanol–water partition coefficient (Wildman–Crippen LogP) is 9.67. The molecule has 1 fully saturated rings. The van der Waals surface area contributed by atoms with Crippen molar-refractivity contribution in [3.05, 3.63) is 36.5 Å². The van der Waals surface area contributed by atoms with Crippen molar-refractivity contribution in [1.29, 1.82) is 0 Å². The minimum Gasteiger partial charge on any atom is -0.394 e. The molecule has 0 radical (unpaired) electrons. The number of unbranched alkanes of at least 4 members (excludes halogenated alkanes) is 22. The molecule has 328 valence electrons.